The smallest absolute Gasteiger partial charge is 0.318 e. The number of rotatable bonds is 2. The highest BCUT2D eigenvalue weighted by molar-refractivity contribution is 5.89. The first-order valence-electron chi connectivity index (χ1n) is 10.3. The molecule has 3 fully saturated rings. The first-order valence-corrected chi connectivity index (χ1v) is 10.3. The van der Waals surface area contributed by atoms with Gasteiger partial charge in [-0.1, -0.05) is 19.3 Å². The van der Waals surface area contributed by atoms with Crippen LogP contribution in [0.25, 0.3) is 0 Å². The Hall–Kier alpha value is -0.900. The third-order valence-electron chi connectivity index (χ3n) is 6.81. The Kier molecular flexibility index (Phi) is 5.87. The van der Waals surface area contributed by atoms with Crippen LogP contribution in [0, 0.1) is 35.0 Å². The average Bonchev–Trinajstić information content (AvgIpc) is 2.60. The van der Waals surface area contributed by atoms with Gasteiger partial charge in [-0.15, -0.1) is 0 Å². The zero-order valence-corrected chi connectivity index (χ0v) is 16.2. The van der Waals surface area contributed by atoms with Crippen molar-refractivity contribution in [2.45, 2.75) is 72.1 Å². The van der Waals surface area contributed by atoms with Crippen LogP contribution in [-0.4, -0.2) is 25.0 Å². The predicted octanol–water partition coefficient (Wildman–Crippen LogP) is 3.93. The van der Waals surface area contributed by atoms with Crippen molar-refractivity contribution in [1.82, 2.24) is 5.32 Å². The van der Waals surface area contributed by atoms with E-state index in [0.29, 0.717) is 17.8 Å². The number of nitrogens with one attached hydrogen (secondary N) is 1. The van der Waals surface area contributed by atoms with E-state index in [0.717, 1.165) is 31.8 Å². The molecule has 2 aliphatic carbocycles. The van der Waals surface area contributed by atoms with Gasteiger partial charge in [0.15, 0.2) is 0 Å². The van der Waals surface area contributed by atoms with Crippen LogP contribution in [0.2, 0.25) is 0 Å². The van der Waals surface area contributed by atoms with Crippen molar-refractivity contribution >= 4 is 11.9 Å². The number of hydrogen-bond acceptors (Lipinski definition) is 4. The number of carbonyl (C=O) groups is 2. The van der Waals surface area contributed by atoms with Gasteiger partial charge in [0.25, 0.3) is 0 Å². The number of fused-ring (bicyclic) bond motifs is 1. The molecule has 1 saturated heterocycles. The Morgan fingerprint density at radius 2 is 1.56 bits per heavy atom. The molecule has 25 heavy (non-hydrogen) atoms. The number of piperidine rings is 1. The molecule has 0 radical (unpaired) electrons. The minimum Gasteiger partial charge on any atom is -0.393 e. The van der Waals surface area contributed by atoms with E-state index >= 15 is 0 Å². The summed E-state index contributed by atoms with van der Waals surface area (Å²) in [4.78, 5) is 25.1. The summed E-state index contributed by atoms with van der Waals surface area (Å²) in [7, 11) is 0. The lowest BCUT2D eigenvalue weighted by molar-refractivity contribution is -0.172. The van der Waals surface area contributed by atoms with E-state index in [2.05, 4.69) is 5.32 Å². The molecule has 3 aliphatic rings. The highest BCUT2D eigenvalue weighted by Gasteiger charge is 2.45. The summed E-state index contributed by atoms with van der Waals surface area (Å²) in [5, 5.41) is 3.45. The molecule has 4 nitrogen and oxygen atoms in total. The highest BCUT2D eigenvalue weighted by Crippen LogP contribution is 2.49. The largest absolute Gasteiger partial charge is 0.393 e. The molecular weight excluding hydrogens is 314 g/mol. The minimum atomic E-state index is -0.620. The Labute approximate surface area is 152 Å². The lowest BCUT2D eigenvalue weighted by atomic mass is 9.59. The van der Waals surface area contributed by atoms with Gasteiger partial charge in [-0.05, 0) is 89.6 Å². The second kappa shape index (κ2) is 7.77. The van der Waals surface area contributed by atoms with Crippen LogP contribution in [0.4, 0.5) is 0 Å². The normalized spacial score (nSPS) is 34.2. The zero-order chi connectivity index (χ0) is 18.0. The van der Waals surface area contributed by atoms with E-state index in [1.165, 1.54) is 38.5 Å². The minimum absolute atomic E-state index is 0.0646. The topological polar surface area (TPSA) is 55.4 Å². The van der Waals surface area contributed by atoms with Crippen molar-refractivity contribution in [3.05, 3.63) is 0 Å². The number of hydrogen-bond donors (Lipinski definition) is 1. The third kappa shape index (κ3) is 4.45. The van der Waals surface area contributed by atoms with Crippen LogP contribution in [-0.2, 0) is 14.3 Å². The summed E-state index contributed by atoms with van der Waals surface area (Å²) in [6, 6.07) is 0. The van der Waals surface area contributed by atoms with Crippen molar-refractivity contribution in [2.75, 3.05) is 13.1 Å². The van der Waals surface area contributed by atoms with Crippen molar-refractivity contribution in [2.24, 2.45) is 35.0 Å². The maximum Gasteiger partial charge on any atom is 0.318 e. The molecule has 1 N–H and O–H groups in total. The Balaban J connectivity index is 1.71. The van der Waals surface area contributed by atoms with E-state index in [1.807, 2.05) is 20.8 Å². The quantitative estimate of drug-likeness (QED) is 0.606. The van der Waals surface area contributed by atoms with Crippen LogP contribution >= 0.6 is 0 Å². The second-order valence-corrected chi connectivity index (χ2v) is 9.59. The molecule has 1 heterocycles. The third-order valence-corrected chi connectivity index (χ3v) is 6.81. The first kappa shape index (κ1) is 18.9. The van der Waals surface area contributed by atoms with Gasteiger partial charge in [-0.2, -0.15) is 0 Å². The van der Waals surface area contributed by atoms with Crippen LogP contribution < -0.4 is 5.32 Å². The van der Waals surface area contributed by atoms with Crippen molar-refractivity contribution in [1.29, 1.82) is 0 Å². The van der Waals surface area contributed by atoms with Gasteiger partial charge in [0.2, 0.25) is 0 Å². The summed E-state index contributed by atoms with van der Waals surface area (Å²) in [5.41, 5.74) is -0.620. The number of esters is 2. The summed E-state index contributed by atoms with van der Waals surface area (Å²) in [6.07, 6.45) is 9.57. The van der Waals surface area contributed by atoms with Gasteiger partial charge < -0.3 is 10.1 Å². The van der Waals surface area contributed by atoms with E-state index in [-0.39, 0.29) is 17.9 Å². The predicted molar refractivity (Wildman–Crippen MR) is 97.8 cm³/mol. The molecule has 0 amide bonds. The van der Waals surface area contributed by atoms with E-state index in [1.54, 1.807) is 0 Å². The van der Waals surface area contributed by atoms with Gasteiger partial charge in [-0.25, -0.2) is 0 Å². The van der Waals surface area contributed by atoms with Crippen LogP contribution in [0.15, 0.2) is 0 Å². The van der Waals surface area contributed by atoms with Gasteiger partial charge in [-0.3, -0.25) is 9.59 Å². The molecule has 3 rings (SSSR count). The monoisotopic (exact) mass is 349 g/mol. The molecule has 4 unspecified atom stereocenters. The molecule has 0 aromatic heterocycles. The highest BCUT2D eigenvalue weighted by atomic mass is 16.6. The molecule has 0 aromatic rings. The fourth-order valence-electron chi connectivity index (χ4n) is 5.34. The molecule has 4 atom stereocenters. The van der Waals surface area contributed by atoms with Gasteiger partial charge >= 0.3 is 11.9 Å². The van der Waals surface area contributed by atoms with Crippen molar-refractivity contribution < 1.29 is 14.3 Å². The fourth-order valence-corrected chi connectivity index (χ4v) is 5.34. The molecule has 4 heteroatoms. The second-order valence-electron chi connectivity index (χ2n) is 9.59. The molecule has 0 bridgehead atoms. The Morgan fingerprint density at radius 3 is 2.24 bits per heavy atom. The molecule has 142 valence electrons. The van der Waals surface area contributed by atoms with Crippen molar-refractivity contribution in [3.8, 4) is 0 Å². The molecule has 1 aliphatic heterocycles. The Bertz CT molecular complexity index is 490. The van der Waals surface area contributed by atoms with Crippen LogP contribution in [0.3, 0.4) is 0 Å². The zero-order valence-electron chi connectivity index (χ0n) is 16.2. The molecular formula is C21H35NO3. The summed E-state index contributed by atoms with van der Waals surface area (Å²) < 4.78 is 5.35. The molecule has 0 aromatic carbocycles. The Morgan fingerprint density at radius 1 is 0.880 bits per heavy atom. The lowest BCUT2D eigenvalue weighted by Gasteiger charge is -2.46. The van der Waals surface area contributed by atoms with Gasteiger partial charge in [0.1, 0.15) is 0 Å². The van der Waals surface area contributed by atoms with E-state index in [4.69, 9.17) is 4.74 Å². The van der Waals surface area contributed by atoms with Crippen molar-refractivity contribution in [3.63, 3.8) is 0 Å². The van der Waals surface area contributed by atoms with Crippen LogP contribution in [0.1, 0.15) is 72.1 Å². The maximum absolute atomic E-state index is 12.9. The molecule has 2 saturated carbocycles. The molecule has 0 spiro atoms. The average molecular weight is 350 g/mol. The standard InChI is InChI=1S/C21H35NO3/c1-21(2,3)20(24)25-19(23)18-13-16(14-8-10-22-11-9-14)12-15-6-4-5-7-17(15)18/h14-18,22H,4-13H2,1-3H3. The van der Waals surface area contributed by atoms with E-state index < -0.39 is 5.41 Å². The van der Waals surface area contributed by atoms with Gasteiger partial charge in [0, 0.05) is 0 Å². The lowest BCUT2D eigenvalue weighted by Crippen LogP contribution is -2.44. The summed E-state index contributed by atoms with van der Waals surface area (Å²) in [6.45, 7) is 7.64. The number of ether oxygens (including phenoxy) is 1. The fraction of sp³-hybridized carbons (Fsp3) is 0.905. The van der Waals surface area contributed by atoms with E-state index in [9.17, 15) is 9.59 Å². The maximum atomic E-state index is 12.9. The number of carbonyl (C=O) groups excluding carboxylic acids is 2. The summed E-state index contributed by atoms with van der Waals surface area (Å²) >= 11 is 0. The first-order chi connectivity index (χ1) is 11.9. The van der Waals surface area contributed by atoms with Crippen LogP contribution in [0.5, 0.6) is 0 Å². The SMILES string of the molecule is CC(C)(C)C(=O)OC(=O)C1CC(C2CCNCC2)CC2CCCCC21. The summed E-state index contributed by atoms with van der Waals surface area (Å²) in [5.74, 6) is 1.77. The van der Waals surface area contributed by atoms with Gasteiger partial charge in [0.05, 0.1) is 11.3 Å².